The summed E-state index contributed by atoms with van der Waals surface area (Å²) in [5.41, 5.74) is 2.89. The molecule has 1 saturated heterocycles. The number of benzene rings is 1. The van der Waals surface area contributed by atoms with Gasteiger partial charge in [-0.2, -0.15) is 0 Å². The number of fused-ring (bicyclic) bond motifs is 2. The van der Waals surface area contributed by atoms with Gasteiger partial charge in [0.15, 0.2) is 0 Å². The smallest absolute Gasteiger partial charge is 0.0952 e. The van der Waals surface area contributed by atoms with Gasteiger partial charge in [0.1, 0.15) is 0 Å². The van der Waals surface area contributed by atoms with E-state index in [0.717, 1.165) is 19.6 Å². The minimum atomic E-state index is 0.0283. The molecule has 0 radical (unpaired) electrons. The van der Waals surface area contributed by atoms with Gasteiger partial charge in [0, 0.05) is 6.54 Å². The first-order valence-corrected chi connectivity index (χ1v) is 6.79. The fraction of sp³-hybridized carbons (Fsp3) is 0.600. The number of hydrogen-bond donors (Lipinski definition) is 0. The van der Waals surface area contributed by atoms with Crippen LogP contribution in [0.25, 0.3) is 0 Å². The molecule has 3 rings (SSSR count). The molecule has 0 saturated carbocycles. The van der Waals surface area contributed by atoms with Gasteiger partial charge in [-0.15, -0.1) is 0 Å². The molecule has 0 amide bonds. The summed E-state index contributed by atoms with van der Waals surface area (Å²) in [6, 6.07) is 8.75. The highest BCUT2D eigenvalue weighted by atomic mass is 16.5. The van der Waals surface area contributed by atoms with Gasteiger partial charge in [0.05, 0.1) is 12.2 Å². The van der Waals surface area contributed by atoms with Crippen molar-refractivity contribution < 1.29 is 4.74 Å². The summed E-state index contributed by atoms with van der Waals surface area (Å²) in [6.45, 7) is 6.62. The fourth-order valence-electron chi connectivity index (χ4n) is 3.28. The van der Waals surface area contributed by atoms with Gasteiger partial charge < -0.3 is 9.64 Å². The van der Waals surface area contributed by atoms with Crippen LogP contribution in [0.2, 0.25) is 0 Å². The minimum Gasteiger partial charge on any atom is -0.366 e. The summed E-state index contributed by atoms with van der Waals surface area (Å²) in [4.78, 5) is 2.54. The molecule has 1 spiro atoms. The predicted octanol–water partition coefficient (Wildman–Crippen LogP) is 2.92. The number of likely N-dealkylation sites (tertiary alicyclic amines) is 1. The summed E-state index contributed by atoms with van der Waals surface area (Å²) >= 11 is 0. The summed E-state index contributed by atoms with van der Waals surface area (Å²) < 4.78 is 6.20. The van der Waals surface area contributed by atoms with Crippen LogP contribution in [0.5, 0.6) is 0 Å². The maximum Gasteiger partial charge on any atom is 0.0952 e. The molecule has 0 N–H and O–H groups in total. The number of rotatable bonds is 1. The van der Waals surface area contributed by atoms with Crippen molar-refractivity contribution in [3.05, 3.63) is 35.4 Å². The standard InChI is InChI=1S/C15H21NO/c1-2-16-10-5-8-15(9-11-16)14-7-4-3-6-13(14)12-17-15/h3-4,6-7H,2,5,8-12H2,1H3/t15-/m0/s1. The van der Waals surface area contributed by atoms with Crippen LogP contribution in [0, 0.1) is 0 Å². The van der Waals surface area contributed by atoms with Gasteiger partial charge in [-0.1, -0.05) is 31.2 Å². The van der Waals surface area contributed by atoms with Crippen molar-refractivity contribution in [2.24, 2.45) is 0 Å². The van der Waals surface area contributed by atoms with Crippen molar-refractivity contribution in [1.82, 2.24) is 4.90 Å². The Hall–Kier alpha value is -0.860. The van der Waals surface area contributed by atoms with E-state index in [1.165, 1.54) is 37.1 Å². The Labute approximate surface area is 104 Å². The second-order valence-electron chi connectivity index (χ2n) is 5.23. The molecule has 2 heteroatoms. The Balaban J connectivity index is 1.88. The summed E-state index contributed by atoms with van der Waals surface area (Å²) in [5, 5.41) is 0. The second-order valence-corrected chi connectivity index (χ2v) is 5.23. The first kappa shape index (κ1) is 11.2. The zero-order valence-corrected chi connectivity index (χ0v) is 10.6. The first-order chi connectivity index (χ1) is 8.34. The van der Waals surface area contributed by atoms with Crippen molar-refractivity contribution in [2.45, 2.75) is 38.4 Å². The Morgan fingerprint density at radius 1 is 1.24 bits per heavy atom. The van der Waals surface area contributed by atoms with Crippen molar-refractivity contribution in [3.8, 4) is 0 Å². The quantitative estimate of drug-likeness (QED) is 0.737. The Morgan fingerprint density at radius 3 is 3.00 bits per heavy atom. The lowest BCUT2D eigenvalue weighted by Crippen LogP contribution is -2.28. The minimum absolute atomic E-state index is 0.0283. The lowest BCUT2D eigenvalue weighted by atomic mass is 9.86. The van der Waals surface area contributed by atoms with E-state index in [9.17, 15) is 0 Å². The highest BCUT2D eigenvalue weighted by molar-refractivity contribution is 5.35. The molecule has 1 aromatic carbocycles. The maximum absolute atomic E-state index is 6.20. The molecule has 1 aromatic rings. The summed E-state index contributed by atoms with van der Waals surface area (Å²) in [7, 11) is 0. The third-order valence-corrected chi connectivity index (χ3v) is 4.35. The molecule has 0 bridgehead atoms. The molecular formula is C15H21NO. The Morgan fingerprint density at radius 2 is 2.12 bits per heavy atom. The molecule has 17 heavy (non-hydrogen) atoms. The molecule has 0 aromatic heterocycles. The second kappa shape index (κ2) is 4.43. The Kier molecular flexibility index (Phi) is 2.93. The first-order valence-electron chi connectivity index (χ1n) is 6.79. The summed E-state index contributed by atoms with van der Waals surface area (Å²) in [6.07, 6.45) is 3.58. The zero-order valence-electron chi connectivity index (χ0n) is 10.6. The highest BCUT2D eigenvalue weighted by Crippen LogP contribution is 2.43. The van der Waals surface area contributed by atoms with E-state index in [1.54, 1.807) is 0 Å². The average Bonchev–Trinajstić information content (AvgIpc) is 2.59. The molecule has 0 aliphatic carbocycles. The summed E-state index contributed by atoms with van der Waals surface area (Å²) in [5.74, 6) is 0. The van der Waals surface area contributed by atoms with Crippen molar-refractivity contribution >= 4 is 0 Å². The molecular weight excluding hydrogens is 210 g/mol. The van der Waals surface area contributed by atoms with Gasteiger partial charge in [0.25, 0.3) is 0 Å². The molecule has 2 aliphatic rings. The van der Waals surface area contributed by atoms with Gasteiger partial charge in [-0.25, -0.2) is 0 Å². The normalized spacial score (nSPS) is 29.2. The van der Waals surface area contributed by atoms with Crippen LogP contribution in [-0.2, 0) is 16.9 Å². The molecule has 2 aliphatic heterocycles. The van der Waals surface area contributed by atoms with Crippen LogP contribution in [-0.4, -0.2) is 24.5 Å². The third-order valence-electron chi connectivity index (χ3n) is 4.35. The van der Waals surface area contributed by atoms with E-state index in [1.807, 2.05) is 0 Å². The fourth-order valence-corrected chi connectivity index (χ4v) is 3.28. The van der Waals surface area contributed by atoms with Crippen LogP contribution in [0.15, 0.2) is 24.3 Å². The topological polar surface area (TPSA) is 12.5 Å². The zero-order chi connectivity index (χ0) is 11.7. The molecule has 1 fully saturated rings. The lowest BCUT2D eigenvalue weighted by Gasteiger charge is -2.28. The monoisotopic (exact) mass is 231 g/mol. The van der Waals surface area contributed by atoms with Crippen LogP contribution >= 0.6 is 0 Å². The molecule has 0 unspecified atom stereocenters. The van der Waals surface area contributed by atoms with Gasteiger partial charge in [0.2, 0.25) is 0 Å². The molecule has 1 atom stereocenters. The van der Waals surface area contributed by atoms with Crippen LogP contribution < -0.4 is 0 Å². The average molecular weight is 231 g/mol. The van der Waals surface area contributed by atoms with E-state index in [0.29, 0.717) is 0 Å². The van der Waals surface area contributed by atoms with Gasteiger partial charge in [-0.05, 0) is 43.5 Å². The van der Waals surface area contributed by atoms with E-state index >= 15 is 0 Å². The number of hydrogen-bond acceptors (Lipinski definition) is 2. The van der Waals surface area contributed by atoms with E-state index < -0.39 is 0 Å². The largest absolute Gasteiger partial charge is 0.366 e. The van der Waals surface area contributed by atoms with Crippen LogP contribution in [0.3, 0.4) is 0 Å². The van der Waals surface area contributed by atoms with Crippen LogP contribution in [0.1, 0.15) is 37.3 Å². The highest BCUT2D eigenvalue weighted by Gasteiger charge is 2.40. The van der Waals surface area contributed by atoms with E-state index in [-0.39, 0.29) is 5.60 Å². The maximum atomic E-state index is 6.20. The van der Waals surface area contributed by atoms with Crippen molar-refractivity contribution in [2.75, 3.05) is 19.6 Å². The van der Waals surface area contributed by atoms with Gasteiger partial charge >= 0.3 is 0 Å². The van der Waals surface area contributed by atoms with E-state index in [2.05, 4.69) is 36.1 Å². The number of nitrogens with zero attached hydrogens (tertiary/aromatic N) is 1. The van der Waals surface area contributed by atoms with Crippen molar-refractivity contribution in [1.29, 1.82) is 0 Å². The Bertz CT molecular complexity index is 404. The third kappa shape index (κ3) is 1.90. The molecule has 2 heterocycles. The lowest BCUT2D eigenvalue weighted by molar-refractivity contribution is -0.0484. The molecule has 2 nitrogen and oxygen atoms in total. The van der Waals surface area contributed by atoms with Gasteiger partial charge in [-0.3, -0.25) is 0 Å². The SMILES string of the molecule is CCN1CCC[C@@]2(CC1)OCc1ccccc12. The number of ether oxygens (including phenoxy) is 1. The van der Waals surface area contributed by atoms with Crippen molar-refractivity contribution in [3.63, 3.8) is 0 Å². The van der Waals surface area contributed by atoms with E-state index in [4.69, 9.17) is 4.74 Å². The molecule has 92 valence electrons. The van der Waals surface area contributed by atoms with Crippen LogP contribution in [0.4, 0.5) is 0 Å². The predicted molar refractivity (Wildman–Crippen MR) is 68.9 cm³/mol.